The highest BCUT2D eigenvalue weighted by Gasteiger charge is 2.50. The summed E-state index contributed by atoms with van der Waals surface area (Å²) in [5.41, 5.74) is 1.77. The number of aliphatic hydroxyl groups excluding tert-OH is 1. The van der Waals surface area contributed by atoms with Gasteiger partial charge >= 0.3 is 0 Å². The zero-order chi connectivity index (χ0) is 20.6. The average Bonchev–Trinajstić information content (AvgIpc) is 2.71. The van der Waals surface area contributed by atoms with Crippen LogP contribution < -0.4 is 4.90 Å². The number of rotatable bonds is 8. The van der Waals surface area contributed by atoms with Crippen molar-refractivity contribution in [3.63, 3.8) is 0 Å². The first-order valence-corrected chi connectivity index (χ1v) is 12.4. The molecule has 6 rings (SSSR count). The second kappa shape index (κ2) is 8.97. The summed E-state index contributed by atoms with van der Waals surface area (Å²) in [6, 6.07) is 8.08. The smallest absolute Gasteiger partial charge is 0.0900 e. The molecular formula is C25H37ClN2O2. The molecule has 0 aromatic heterocycles. The molecule has 5 heteroatoms. The van der Waals surface area contributed by atoms with Crippen molar-refractivity contribution < 1.29 is 9.84 Å². The van der Waals surface area contributed by atoms with Crippen LogP contribution in [0.15, 0.2) is 24.3 Å². The number of benzene rings is 1. The number of hydrogen-bond donors (Lipinski definition) is 1. The molecule has 4 saturated carbocycles. The number of hydrogen-bond acceptors (Lipinski definition) is 4. The molecule has 4 bridgehead atoms. The maximum absolute atomic E-state index is 10.5. The molecule has 1 aromatic carbocycles. The molecule has 0 radical (unpaired) electrons. The van der Waals surface area contributed by atoms with E-state index in [0.29, 0.717) is 18.6 Å². The highest BCUT2D eigenvalue weighted by Crippen LogP contribution is 2.61. The van der Waals surface area contributed by atoms with E-state index < -0.39 is 0 Å². The van der Waals surface area contributed by atoms with Crippen LogP contribution in [0.5, 0.6) is 0 Å². The first kappa shape index (κ1) is 21.1. The van der Waals surface area contributed by atoms with E-state index in [1.54, 1.807) is 0 Å². The highest BCUT2D eigenvalue weighted by atomic mass is 35.5. The third-order valence-corrected chi connectivity index (χ3v) is 8.50. The fourth-order valence-corrected chi connectivity index (χ4v) is 7.50. The van der Waals surface area contributed by atoms with Gasteiger partial charge in [-0.15, -0.1) is 0 Å². The van der Waals surface area contributed by atoms with E-state index in [9.17, 15) is 5.11 Å². The molecule has 30 heavy (non-hydrogen) atoms. The molecule has 1 aromatic rings. The quantitative estimate of drug-likeness (QED) is 0.616. The summed E-state index contributed by atoms with van der Waals surface area (Å²) in [5.74, 6) is 3.02. The first-order chi connectivity index (χ1) is 14.6. The number of piperazine rings is 1. The lowest BCUT2D eigenvalue weighted by atomic mass is 9.49. The van der Waals surface area contributed by atoms with Gasteiger partial charge in [-0.2, -0.15) is 0 Å². The molecule has 0 amide bonds. The van der Waals surface area contributed by atoms with Gasteiger partial charge in [0.1, 0.15) is 0 Å². The van der Waals surface area contributed by atoms with Crippen molar-refractivity contribution >= 4 is 17.3 Å². The molecule has 1 N–H and O–H groups in total. The van der Waals surface area contributed by atoms with Gasteiger partial charge in [0.15, 0.2) is 0 Å². The fourth-order valence-electron chi connectivity index (χ4n) is 7.32. The van der Waals surface area contributed by atoms with E-state index >= 15 is 0 Å². The van der Waals surface area contributed by atoms with Crippen molar-refractivity contribution in [3.8, 4) is 0 Å². The monoisotopic (exact) mass is 432 g/mol. The van der Waals surface area contributed by atoms with Gasteiger partial charge in [0, 0.05) is 50.0 Å². The molecule has 5 fully saturated rings. The Balaban J connectivity index is 0.999. The molecule has 1 atom stereocenters. The summed E-state index contributed by atoms with van der Waals surface area (Å²) in [6.07, 6.45) is 9.67. The number of aliphatic hydroxyl groups is 1. The zero-order valence-corrected chi connectivity index (χ0v) is 18.9. The fraction of sp³-hybridized carbons (Fsp3) is 0.760. The number of nitrogens with zero attached hydrogens (tertiary/aromatic N) is 2. The molecule has 4 nitrogen and oxygen atoms in total. The van der Waals surface area contributed by atoms with Crippen LogP contribution in [0.4, 0.5) is 5.69 Å². The Morgan fingerprint density at radius 3 is 2.33 bits per heavy atom. The predicted molar refractivity (Wildman–Crippen MR) is 122 cm³/mol. The summed E-state index contributed by atoms with van der Waals surface area (Å²) in [4.78, 5) is 4.73. The van der Waals surface area contributed by atoms with Gasteiger partial charge in [-0.25, -0.2) is 0 Å². The largest absolute Gasteiger partial charge is 0.389 e. The van der Waals surface area contributed by atoms with E-state index in [1.807, 2.05) is 18.2 Å². The van der Waals surface area contributed by atoms with Gasteiger partial charge in [-0.3, -0.25) is 4.90 Å². The predicted octanol–water partition coefficient (Wildman–Crippen LogP) is 4.45. The second-order valence-electron chi connectivity index (χ2n) is 10.7. The Bertz CT molecular complexity index is 684. The van der Waals surface area contributed by atoms with Crippen LogP contribution in [0.3, 0.4) is 0 Å². The molecule has 166 valence electrons. The summed E-state index contributed by atoms with van der Waals surface area (Å²) >= 11 is 6.12. The maximum atomic E-state index is 10.5. The van der Waals surface area contributed by atoms with Gasteiger partial charge < -0.3 is 14.7 Å². The highest BCUT2D eigenvalue weighted by molar-refractivity contribution is 6.30. The first-order valence-electron chi connectivity index (χ1n) is 12.1. The Kier molecular flexibility index (Phi) is 6.30. The molecule has 1 heterocycles. The molecule has 0 unspecified atom stereocenters. The molecule has 4 aliphatic carbocycles. The summed E-state index contributed by atoms with van der Waals surface area (Å²) < 4.78 is 5.98. The van der Waals surface area contributed by atoms with Crippen molar-refractivity contribution in [3.05, 3.63) is 29.3 Å². The van der Waals surface area contributed by atoms with Crippen molar-refractivity contribution in [1.29, 1.82) is 0 Å². The normalized spacial score (nSPS) is 34.5. The van der Waals surface area contributed by atoms with Crippen molar-refractivity contribution in [1.82, 2.24) is 4.90 Å². The number of ether oxygens (including phenoxy) is 1. The average molecular weight is 433 g/mol. The van der Waals surface area contributed by atoms with Crippen molar-refractivity contribution in [2.75, 3.05) is 50.8 Å². The van der Waals surface area contributed by atoms with Crippen LogP contribution in [0.2, 0.25) is 5.02 Å². The standard InChI is InChI=1S/C25H37ClN2O2/c26-22-2-1-3-23(13-22)28-7-5-27(6-8-28)17-24(29)18-30-9-4-25-14-19-10-20(15-25)12-21(11-19)16-25/h1-3,13,19-21,24,29H,4-12,14-18H2/t19?,20?,21?,24-,25?/m0/s1. The Morgan fingerprint density at radius 2 is 1.70 bits per heavy atom. The molecule has 1 saturated heterocycles. The van der Waals surface area contributed by atoms with Gasteiger partial charge in [0.25, 0.3) is 0 Å². The van der Waals surface area contributed by atoms with E-state index in [0.717, 1.165) is 55.6 Å². The summed E-state index contributed by atoms with van der Waals surface area (Å²) in [5, 5.41) is 11.3. The lowest BCUT2D eigenvalue weighted by Gasteiger charge is -2.57. The van der Waals surface area contributed by atoms with Gasteiger partial charge in [0.2, 0.25) is 0 Å². The van der Waals surface area contributed by atoms with E-state index in [2.05, 4.69) is 15.9 Å². The minimum Gasteiger partial charge on any atom is -0.389 e. The second-order valence-corrected chi connectivity index (χ2v) is 11.1. The van der Waals surface area contributed by atoms with Crippen LogP contribution in [-0.4, -0.2) is 62.0 Å². The minimum atomic E-state index is -0.390. The summed E-state index contributed by atoms with van der Waals surface area (Å²) in [6.45, 7) is 5.89. The third-order valence-electron chi connectivity index (χ3n) is 8.27. The van der Waals surface area contributed by atoms with E-state index in [1.165, 1.54) is 50.6 Å². The van der Waals surface area contributed by atoms with Gasteiger partial charge in [0.05, 0.1) is 12.7 Å². The number of anilines is 1. The minimum absolute atomic E-state index is 0.390. The molecular weight excluding hydrogens is 396 g/mol. The maximum Gasteiger partial charge on any atom is 0.0900 e. The van der Waals surface area contributed by atoms with Crippen LogP contribution in [0.25, 0.3) is 0 Å². The summed E-state index contributed by atoms with van der Waals surface area (Å²) in [7, 11) is 0. The Hall–Kier alpha value is -0.810. The van der Waals surface area contributed by atoms with Crippen LogP contribution in [0.1, 0.15) is 44.9 Å². The van der Waals surface area contributed by atoms with Crippen LogP contribution in [0, 0.1) is 23.2 Å². The van der Waals surface area contributed by atoms with Crippen molar-refractivity contribution in [2.45, 2.75) is 51.0 Å². The van der Waals surface area contributed by atoms with Crippen molar-refractivity contribution in [2.24, 2.45) is 23.2 Å². The van der Waals surface area contributed by atoms with Crippen LogP contribution in [-0.2, 0) is 4.74 Å². The zero-order valence-electron chi connectivity index (χ0n) is 18.1. The molecule has 5 aliphatic rings. The molecule has 0 spiro atoms. The Morgan fingerprint density at radius 1 is 1.03 bits per heavy atom. The van der Waals surface area contributed by atoms with E-state index in [4.69, 9.17) is 16.3 Å². The lowest BCUT2D eigenvalue weighted by molar-refractivity contribution is -0.0741. The lowest BCUT2D eigenvalue weighted by Crippen LogP contribution is -2.49. The Labute approximate surface area is 186 Å². The topological polar surface area (TPSA) is 35.9 Å². The molecule has 1 aliphatic heterocycles. The third kappa shape index (κ3) is 4.82. The SMILES string of the molecule is O[C@H](COCCC12CC3CC(CC(C3)C1)C2)CN1CCN(c2cccc(Cl)c2)CC1. The number of β-amino-alcohol motifs (C(OH)–C–C–N with tert-alkyl or cyclic N) is 1. The van der Waals surface area contributed by atoms with E-state index in [-0.39, 0.29) is 6.10 Å². The van der Waals surface area contributed by atoms with Gasteiger partial charge in [-0.05, 0) is 86.3 Å². The van der Waals surface area contributed by atoms with Crippen LogP contribution >= 0.6 is 11.6 Å². The van der Waals surface area contributed by atoms with Gasteiger partial charge in [-0.1, -0.05) is 17.7 Å². The number of halogens is 1.